The van der Waals surface area contributed by atoms with Crippen LogP contribution in [0.1, 0.15) is 25.5 Å². The molecule has 0 radical (unpaired) electrons. The summed E-state index contributed by atoms with van der Waals surface area (Å²) in [6.07, 6.45) is -0.605. The summed E-state index contributed by atoms with van der Waals surface area (Å²) < 4.78 is 31.5. The van der Waals surface area contributed by atoms with Crippen molar-refractivity contribution in [2.24, 2.45) is 5.92 Å². The van der Waals surface area contributed by atoms with Gasteiger partial charge in [0.1, 0.15) is 0 Å². The number of ether oxygens (including phenoxy) is 1. The van der Waals surface area contributed by atoms with Crippen molar-refractivity contribution in [3.63, 3.8) is 0 Å². The minimum atomic E-state index is -3.50. The zero-order chi connectivity index (χ0) is 14.5. The van der Waals surface area contributed by atoms with Crippen LogP contribution in [-0.2, 0) is 14.8 Å². The fourth-order valence-electron chi connectivity index (χ4n) is 1.60. The summed E-state index contributed by atoms with van der Waals surface area (Å²) in [5.74, 6) is 0.108. The SMILES string of the molecule is COCC(C)CNS(=O)(=O)c1ccc(C(C)O)cc1. The number of sulfonamides is 1. The lowest BCUT2D eigenvalue weighted by Crippen LogP contribution is -2.30. The Labute approximate surface area is 114 Å². The van der Waals surface area contributed by atoms with E-state index < -0.39 is 16.1 Å². The molecular weight excluding hydrogens is 266 g/mol. The van der Waals surface area contributed by atoms with Gasteiger partial charge in [0.25, 0.3) is 0 Å². The Morgan fingerprint density at radius 2 is 1.84 bits per heavy atom. The zero-order valence-electron chi connectivity index (χ0n) is 11.5. The Bertz CT molecular complexity index is 482. The van der Waals surface area contributed by atoms with Crippen molar-refractivity contribution in [2.75, 3.05) is 20.3 Å². The Balaban J connectivity index is 2.72. The van der Waals surface area contributed by atoms with Crippen molar-refractivity contribution in [2.45, 2.75) is 24.8 Å². The number of methoxy groups -OCH3 is 1. The summed E-state index contributed by atoms with van der Waals surface area (Å²) in [7, 11) is -1.92. The molecule has 2 N–H and O–H groups in total. The molecule has 19 heavy (non-hydrogen) atoms. The highest BCUT2D eigenvalue weighted by molar-refractivity contribution is 7.89. The maximum absolute atomic E-state index is 12.0. The largest absolute Gasteiger partial charge is 0.389 e. The van der Waals surface area contributed by atoms with Gasteiger partial charge in [-0.1, -0.05) is 19.1 Å². The Morgan fingerprint density at radius 3 is 2.32 bits per heavy atom. The van der Waals surface area contributed by atoms with Crippen LogP contribution in [-0.4, -0.2) is 33.8 Å². The van der Waals surface area contributed by atoms with Crippen molar-refractivity contribution in [1.82, 2.24) is 4.72 Å². The van der Waals surface area contributed by atoms with Gasteiger partial charge in [-0.25, -0.2) is 13.1 Å². The third-order valence-electron chi connectivity index (χ3n) is 2.75. The van der Waals surface area contributed by atoms with Crippen LogP contribution in [0.2, 0.25) is 0 Å². The average Bonchev–Trinajstić information content (AvgIpc) is 2.37. The molecule has 0 saturated heterocycles. The number of aliphatic hydroxyl groups is 1. The maximum Gasteiger partial charge on any atom is 0.240 e. The van der Waals surface area contributed by atoms with Gasteiger partial charge in [0.15, 0.2) is 0 Å². The van der Waals surface area contributed by atoms with E-state index in [1.807, 2.05) is 6.92 Å². The number of aliphatic hydroxyl groups excluding tert-OH is 1. The molecule has 2 atom stereocenters. The van der Waals surface area contributed by atoms with Gasteiger partial charge in [-0.3, -0.25) is 0 Å². The van der Waals surface area contributed by atoms with Gasteiger partial charge in [0, 0.05) is 20.3 Å². The third kappa shape index (κ3) is 4.91. The smallest absolute Gasteiger partial charge is 0.240 e. The number of benzene rings is 1. The van der Waals surface area contributed by atoms with Crippen LogP contribution in [0.5, 0.6) is 0 Å². The van der Waals surface area contributed by atoms with Gasteiger partial charge in [0.05, 0.1) is 11.0 Å². The molecule has 0 aromatic heterocycles. The summed E-state index contributed by atoms with van der Waals surface area (Å²) >= 11 is 0. The fourth-order valence-corrected chi connectivity index (χ4v) is 2.77. The van der Waals surface area contributed by atoms with Crippen LogP contribution in [0.25, 0.3) is 0 Å². The molecule has 0 bridgehead atoms. The summed E-state index contributed by atoms with van der Waals surface area (Å²) in [5.41, 5.74) is 0.687. The molecule has 6 heteroatoms. The number of hydrogen-bond acceptors (Lipinski definition) is 4. The molecule has 2 unspecified atom stereocenters. The first-order chi connectivity index (χ1) is 8.86. The molecule has 0 fully saturated rings. The van der Waals surface area contributed by atoms with E-state index in [4.69, 9.17) is 4.74 Å². The second kappa shape index (κ2) is 7.00. The van der Waals surface area contributed by atoms with Crippen LogP contribution < -0.4 is 4.72 Å². The van der Waals surface area contributed by atoms with Crippen molar-refractivity contribution in [1.29, 1.82) is 0 Å². The molecule has 0 saturated carbocycles. The molecule has 0 heterocycles. The molecule has 0 aliphatic heterocycles. The molecule has 0 aliphatic carbocycles. The molecule has 108 valence electrons. The Hall–Kier alpha value is -0.950. The lowest BCUT2D eigenvalue weighted by Gasteiger charge is -2.12. The van der Waals surface area contributed by atoms with Crippen LogP contribution in [0, 0.1) is 5.92 Å². The summed E-state index contributed by atoms with van der Waals surface area (Å²) in [4.78, 5) is 0.196. The maximum atomic E-state index is 12.0. The quantitative estimate of drug-likeness (QED) is 0.792. The van der Waals surface area contributed by atoms with E-state index in [1.54, 1.807) is 26.2 Å². The standard InChI is InChI=1S/C13H21NO4S/c1-10(9-18-3)8-14-19(16,17)13-6-4-12(5-7-13)11(2)15/h4-7,10-11,14-15H,8-9H2,1-3H3. The molecule has 1 aromatic rings. The third-order valence-corrected chi connectivity index (χ3v) is 4.19. The van der Waals surface area contributed by atoms with Crippen molar-refractivity contribution < 1.29 is 18.3 Å². The van der Waals surface area contributed by atoms with E-state index >= 15 is 0 Å². The second-order valence-electron chi connectivity index (χ2n) is 4.66. The molecule has 0 amide bonds. The van der Waals surface area contributed by atoms with Gasteiger partial charge >= 0.3 is 0 Å². The zero-order valence-corrected chi connectivity index (χ0v) is 12.3. The lowest BCUT2D eigenvalue weighted by molar-refractivity contribution is 0.161. The van der Waals surface area contributed by atoms with Crippen molar-refractivity contribution >= 4 is 10.0 Å². The predicted molar refractivity (Wildman–Crippen MR) is 73.3 cm³/mol. The van der Waals surface area contributed by atoms with Gasteiger partial charge in [0.2, 0.25) is 10.0 Å². The molecule has 1 aromatic carbocycles. The van der Waals surface area contributed by atoms with Gasteiger partial charge < -0.3 is 9.84 Å². The number of nitrogens with one attached hydrogen (secondary N) is 1. The lowest BCUT2D eigenvalue weighted by atomic mass is 10.1. The minimum absolute atomic E-state index is 0.108. The first kappa shape index (κ1) is 16.1. The Kier molecular flexibility index (Phi) is 5.93. The van der Waals surface area contributed by atoms with E-state index in [0.717, 1.165) is 0 Å². The average molecular weight is 287 g/mol. The van der Waals surface area contributed by atoms with E-state index in [1.165, 1.54) is 12.1 Å². The van der Waals surface area contributed by atoms with Crippen LogP contribution in [0.15, 0.2) is 29.2 Å². The molecule has 1 rings (SSSR count). The first-order valence-corrected chi connectivity index (χ1v) is 7.61. The molecule has 5 nitrogen and oxygen atoms in total. The topological polar surface area (TPSA) is 75.6 Å². The monoisotopic (exact) mass is 287 g/mol. The number of rotatable bonds is 7. The van der Waals surface area contributed by atoms with E-state index in [2.05, 4.69) is 4.72 Å². The Morgan fingerprint density at radius 1 is 1.26 bits per heavy atom. The van der Waals surface area contributed by atoms with Crippen LogP contribution >= 0.6 is 0 Å². The van der Waals surface area contributed by atoms with E-state index in [0.29, 0.717) is 18.7 Å². The molecular formula is C13H21NO4S. The summed E-state index contributed by atoms with van der Waals surface area (Å²) in [6.45, 7) is 4.37. The highest BCUT2D eigenvalue weighted by atomic mass is 32.2. The second-order valence-corrected chi connectivity index (χ2v) is 6.42. The number of hydrogen-bond donors (Lipinski definition) is 2. The van der Waals surface area contributed by atoms with Crippen LogP contribution in [0.3, 0.4) is 0 Å². The van der Waals surface area contributed by atoms with Gasteiger partial charge in [-0.05, 0) is 30.5 Å². The normalized spacial score (nSPS) is 15.2. The van der Waals surface area contributed by atoms with Gasteiger partial charge in [-0.2, -0.15) is 0 Å². The predicted octanol–water partition coefficient (Wildman–Crippen LogP) is 1.30. The van der Waals surface area contributed by atoms with Crippen molar-refractivity contribution in [3.8, 4) is 0 Å². The fraction of sp³-hybridized carbons (Fsp3) is 0.538. The highest BCUT2D eigenvalue weighted by Gasteiger charge is 2.15. The summed E-state index contributed by atoms with van der Waals surface area (Å²) in [6, 6.07) is 6.20. The first-order valence-electron chi connectivity index (χ1n) is 6.13. The van der Waals surface area contributed by atoms with Crippen LogP contribution in [0.4, 0.5) is 0 Å². The van der Waals surface area contributed by atoms with Crippen molar-refractivity contribution in [3.05, 3.63) is 29.8 Å². The van der Waals surface area contributed by atoms with E-state index in [-0.39, 0.29) is 10.8 Å². The van der Waals surface area contributed by atoms with Gasteiger partial charge in [-0.15, -0.1) is 0 Å². The van der Waals surface area contributed by atoms with E-state index in [9.17, 15) is 13.5 Å². The molecule has 0 aliphatic rings. The molecule has 0 spiro atoms. The highest BCUT2D eigenvalue weighted by Crippen LogP contribution is 2.15. The summed E-state index contributed by atoms with van der Waals surface area (Å²) in [5, 5.41) is 9.37. The minimum Gasteiger partial charge on any atom is -0.389 e.